The molecule has 0 aromatic heterocycles. The molecule has 2 aromatic carbocycles. The molecule has 2 aromatic rings. The maximum atomic E-state index is 13.9. The summed E-state index contributed by atoms with van der Waals surface area (Å²) in [5, 5.41) is 5.72. The van der Waals surface area contributed by atoms with Gasteiger partial charge in [-0.2, -0.15) is 0 Å². The number of hydrogen-bond acceptors (Lipinski definition) is 3. The number of hydrogen-bond donors (Lipinski definition) is 2. The van der Waals surface area contributed by atoms with E-state index in [0.717, 1.165) is 12.1 Å². The van der Waals surface area contributed by atoms with Gasteiger partial charge in [-0.15, -0.1) is 0 Å². The molecule has 0 aliphatic carbocycles. The predicted octanol–water partition coefficient (Wildman–Crippen LogP) is 3.98. The van der Waals surface area contributed by atoms with Crippen molar-refractivity contribution in [2.24, 2.45) is 5.92 Å². The van der Waals surface area contributed by atoms with Crippen LogP contribution in [-0.2, 0) is 4.79 Å². The van der Waals surface area contributed by atoms with E-state index >= 15 is 0 Å². The molecule has 1 fully saturated rings. The van der Waals surface area contributed by atoms with Crippen molar-refractivity contribution in [3.8, 4) is 0 Å². The van der Waals surface area contributed by atoms with Crippen molar-refractivity contribution in [2.45, 2.75) is 39.2 Å². The van der Waals surface area contributed by atoms with Crippen molar-refractivity contribution in [3.05, 3.63) is 65.2 Å². The quantitative estimate of drug-likeness (QED) is 0.750. The smallest absolute Gasteiger partial charge is 0.256 e. The number of carbonyl (C=O) groups excluding carboxylic acids is 3. The lowest BCUT2D eigenvalue weighted by molar-refractivity contribution is -0.121. The highest BCUT2D eigenvalue weighted by Gasteiger charge is 2.29. The zero-order valence-corrected chi connectivity index (χ0v) is 18.4. The van der Waals surface area contributed by atoms with Gasteiger partial charge in [0.25, 0.3) is 11.8 Å². The number of carbonyl (C=O) groups is 3. The van der Waals surface area contributed by atoms with Crippen LogP contribution in [0.25, 0.3) is 0 Å². The molecule has 0 unspecified atom stereocenters. The molecular formula is C24H27F2N3O3. The van der Waals surface area contributed by atoms with Gasteiger partial charge in [-0.25, -0.2) is 8.78 Å². The molecule has 170 valence electrons. The van der Waals surface area contributed by atoms with E-state index in [1.54, 1.807) is 24.3 Å². The first-order valence-corrected chi connectivity index (χ1v) is 10.5. The first kappa shape index (κ1) is 23.4. The van der Waals surface area contributed by atoms with Crippen molar-refractivity contribution in [1.82, 2.24) is 10.2 Å². The third-order valence-corrected chi connectivity index (χ3v) is 5.22. The number of rotatable bonds is 4. The Bertz CT molecular complexity index is 1010. The molecule has 32 heavy (non-hydrogen) atoms. The minimum atomic E-state index is -0.894. The standard InChI is InChI=1S/C24H27F2N3O3/c1-24(2,3)28-22(31)15-4-7-18(8-5-15)27-21(30)16-10-12-29(13-11-16)23(32)19-9-6-17(25)14-20(19)26/h4-9,14,16H,10-13H2,1-3H3,(H,27,30)(H,28,31). The van der Waals surface area contributed by atoms with Gasteiger partial charge in [0.2, 0.25) is 5.91 Å². The van der Waals surface area contributed by atoms with Gasteiger partial charge >= 0.3 is 0 Å². The summed E-state index contributed by atoms with van der Waals surface area (Å²) in [6, 6.07) is 9.51. The van der Waals surface area contributed by atoms with Crippen LogP contribution in [0.5, 0.6) is 0 Å². The number of likely N-dealkylation sites (tertiary alicyclic amines) is 1. The van der Waals surface area contributed by atoms with Gasteiger partial charge in [-0.3, -0.25) is 14.4 Å². The highest BCUT2D eigenvalue weighted by molar-refractivity contribution is 5.97. The SMILES string of the molecule is CC(C)(C)NC(=O)c1ccc(NC(=O)C2CCN(C(=O)c3ccc(F)cc3F)CC2)cc1. The number of nitrogens with zero attached hydrogens (tertiary/aromatic N) is 1. The summed E-state index contributed by atoms with van der Waals surface area (Å²) in [7, 11) is 0. The van der Waals surface area contributed by atoms with Crippen LogP contribution < -0.4 is 10.6 Å². The van der Waals surface area contributed by atoms with E-state index in [-0.39, 0.29) is 28.8 Å². The molecule has 3 amide bonds. The van der Waals surface area contributed by atoms with Gasteiger partial charge in [-0.1, -0.05) is 0 Å². The Morgan fingerprint density at radius 3 is 2.16 bits per heavy atom. The van der Waals surface area contributed by atoms with Crippen LogP contribution in [0, 0.1) is 17.6 Å². The fourth-order valence-electron chi connectivity index (χ4n) is 3.54. The molecule has 0 spiro atoms. The number of piperidine rings is 1. The number of anilines is 1. The Morgan fingerprint density at radius 2 is 1.59 bits per heavy atom. The van der Waals surface area contributed by atoms with Crippen LogP contribution in [0.1, 0.15) is 54.3 Å². The van der Waals surface area contributed by atoms with E-state index in [4.69, 9.17) is 0 Å². The Morgan fingerprint density at radius 1 is 0.969 bits per heavy atom. The maximum absolute atomic E-state index is 13.9. The van der Waals surface area contributed by atoms with Crippen LogP contribution in [0.2, 0.25) is 0 Å². The summed E-state index contributed by atoms with van der Waals surface area (Å²) in [6.07, 6.45) is 0.874. The van der Waals surface area contributed by atoms with Gasteiger partial charge in [0, 0.05) is 41.9 Å². The van der Waals surface area contributed by atoms with Crippen LogP contribution in [0.15, 0.2) is 42.5 Å². The normalized spacial score (nSPS) is 14.7. The lowest BCUT2D eigenvalue weighted by Gasteiger charge is -2.31. The summed E-state index contributed by atoms with van der Waals surface area (Å²) in [5.41, 5.74) is 0.555. The second-order valence-electron chi connectivity index (χ2n) is 8.96. The number of halogens is 2. The predicted molar refractivity (Wildman–Crippen MR) is 117 cm³/mol. The Balaban J connectivity index is 1.53. The van der Waals surface area contributed by atoms with Crippen molar-refractivity contribution in [2.75, 3.05) is 18.4 Å². The van der Waals surface area contributed by atoms with Gasteiger partial charge < -0.3 is 15.5 Å². The van der Waals surface area contributed by atoms with Gasteiger partial charge in [0.1, 0.15) is 11.6 Å². The van der Waals surface area contributed by atoms with Gasteiger partial charge in [0.05, 0.1) is 5.56 Å². The van der Waals surface area contributed by atoms with Crippen molar-refractivity contribution in [3.63, 3.8) is 0 Å². The molecule has 0 radical (unpaired) electrons. The van der Waals surface area contributed by atoms with Crippen molar-refractivity contribution in [1.29, 1.82) is 0 Å². The topological polar surface area (TPSA) is 78.5 Å². The van der Waals surface area contributed by atoms with Gasteiger partial charge in [-0.05, 0) is 70.0 Å². The first-order valence-electron chi connectivity index (χ1n) is 10.5. The first-order chi connectivity index (χ1) is 15.0. The third-order valence-electron chi connectivity index (χ3n) is 5.22. The average Bonchev–Trinajstić information content (AvgIpc) is 2.72. The monoisotopic (exact) mass is 443 g/mol. The van der Waals surface area contributed by atoms with E-state index in [1.807, 2.05) is 20.8 Å². The average molecular weight is 443 g/mol. The molecule has 1 saturated heterocycles. The molecule has 1 aliphatic heterocycles. The fraction of sp³-hybridized carbons (Fsp3) is 0.375. The lowest BCUT2D eigenvalue weighted by Crippen LogP contribution is -2.41. The van der Waals surface area contributed by atoms with E-state index in [1.165, 1.54) is 4.90 Å². The van der Waals surface area contributed by atoms with Crippen LogP contribution >= 0.6 is 0 Å². The molecule has 0 atom stereocenters. The molecule has 6 nitrogen and oxygen atoms in total. The zero-order chi connectivity index (χ0) is 23.5. The van der Waals surface area contributed by atoms with Crippen LogP contribution in [0.4, 0.5) is 14.5 Å². The van der Waals surface area contributed by atoms with E-state index in [0.29, 0.717) is 43.2 Å². The molecule has 2 N–H and O–H groups in total. The molecule has 1 aliphatic rings. The Kier molecular flexibility index (Phi) is 6.91. The highest BCUT2D eigenvalue weighted by Crippen LogP contribution is 2.22. The largest absolute Gasteiger partial charge is 0.347 e. The summed E-state index contributed by atoms with van der Waals surface area (Å²) in [6.45, 7) is 6.30. The minimum Gasteiger partial charge on any atom is -0.347 e. The lowest BCUT2D eigenvalue weighted by atomic mass is 9.95. The second kappa shape index (κ2) is 9.46. The van der Waals surface area contributed by atoms with E-state index in [2.05, 4.69) is 10.6 Å². The molecule has 1 heterocycles. The molecular weight excluding hydrogens is 416 g/mol. The fourth-order valence-corrected chi connectivity index (χ4v) is 3.54. The minimum absolute atomic E-state index is 0.169. The molecule has 8 heteroatoms. The van der Waals surface area contributed by atoms with Gasteiger partial charge in [0.15, 0.2) is 0 Å². The molecule has 0 saturated carbocycles. The zero-order valence-electron chi connectivity index (χ0n) is 18.4. The van der Waals surface area contributed by atoms with E-state index < -0.39 is 17.5 Å². The summed E-state index contributed by atoms with van der Waals surface area (Å²) >= 11 is 0. The third kappa shape index (κ3) is 5.90. The highest BCUT2D eigenvalue weighted by atomic mass is 19.1. The van der Waals surface area contributed by atoms with Crippen LogP contribution in [-0.4, -0.2) is 41.2 Å². The summed E-state index contributed by atoms with van der Waals surface area (Å²) in [5.74, 6) is -2.79. The van der Waals surface area contributed by atoms with Crippen molar-refractivity contribution < 1.29 is 23.2 Å². The van der Waals surface area contributed by atoms with Crippen LogP contribution in [0.3, 0.4) is 0 Å². The second-order valence-corrected chi connectivity index (χ2v) is 8.96. The molecule has 3 rings (SSSR count). The number of benzene rings is 2. The molecule has 0 bridgehead atoms. The van der Waals surface area contributed by atoms with Crippen molar-refractivity contribution >= 4 is 23.4 Å². The Hall–Kier alpha value is -3.29. The summed E-state index contributed by atoms with van der Waals surface area (Å²) in [4.78, 5) is 38.8. The maximum Gasteiger partial charge on any atom is 0.256 e. The Labute approximate surface area is 186 Å². The summed E-state index contributed by atoms with van der Waals surface area (Å²) < 4.78 is 27.0. The number of amides is 3. The number of nitrogens with one attached hydrogen (secondary N) is 2. The van der Waals surface area contributed by atoms with E-state index in [9.17, 15) is 23.2 Å².